The highest BCUT2D eigenvalue weighted by Crippen LogP contribution is 2.27. The number of benzene rings is 1. The summed E-state index contributed by atoms with van der Waals surface area (Å²) < 4.78 is 5.40. The molecule has 0 unspecified atom stereocenters. The van der Waals surface area contributed by atoms with Crippen LogP contribution >= 0.6 is 11.3 Å². The molecule has 2 heterocycles. The van der Waals surface area contributed by atoms with Gasteiger partial charge in [-0.3, -0.25) is 4.79 Å². The first-order valence-corrected chi connectivity index (χ1v) is 7.75. The molecule has 4 nitrogen and oxygen atoms in total. The number of carbonyl (C=O) groups is 1. The van der Waals surface area contributed by atoms with E-state index in [0.717, 1.165) is 24.2 Å². The van der Waals surface area contributed by atoms with Crippen LogP contribution in [-0.4, -0.2) is 24.2 Å². The smallest absolute Gasteiger partial charge is 0.261 e. The molecule has 0 fully saturated rings. The van der Waals surface area contributed by atoms with Crippen molar-refractivity contribution in [3.8, 4) is 0 Å². The van der Waals surface area contributed by atoms with Gasteiger partial charge < -0.3 is 15.2 Å². The summed E-state index contributed by atoms with van der Waals surface area (Å²) in [7, 11) is 0. The third-order valence-electron chi connectivity index (χ3n) is 3.54. The van der Waals surface area contributed by atoms with Crippen molar-refractivity contribution in [2.24, 2.45) is 0 Å². The Balaban J connectivity index is 1.74. The zero-order valence-electron chi connectivity index (χ0n) is 11.5. The van der Waals surface area contributed by atoms with E-state index in [1.807, 2.05) is 36.4 Å². The van der Waals surface area contributed by atoms with Crippen LogP contribution in [0.2, 0.25) is 0 Å². The maximum Gasteiger partial charge on any atom is 0.261 e. The highest BCUT2D eigenvalue weighted by molar-refractivity contribution is 7.14. The van der Waals surface area contributed by atoms with Gasteiger partial charge in [0.1, 0.15) is 0 Å². The molecule has 0 aliphatic carbocycles. The first-order valence-electron chi connectivity index (χ1n) is 6.94. The molecule has 1 amide bonds. The van der Waals surface area contributed by atoms with Crippen molar-refractivity contribution < 1.29 is 14.6 Å². The van der Waals surface area contributed by atoms with E-state index in [1.54, 1.807) is 0 Å². The Hall–Kier alpha value is -1.69. The lowest BCUT2D eigenvalue weighted by Crippen LogP contribution is -2.30. The van der Waals surface area contributed by atoms with Gasteiger partial charge in [-0.25, -0.2) is 0 Å². The number of aliphatic hydroxyl groups is 1. The van der Waals surface area contributed by atoms with Crippen LogP contribution in [0.1, 0.15) is 31.7 Å². The number of ether oxygens (including phenoxy) is 1. The van der Waals surface area contributed by atoms with Crippen LogP contribution in [0.25, 0.3) is 0 Å². The molecule has 1 aromatic carbocycles. The molecular formula is C16H17NO3S. The number of rotatable bonds is 4. The molecular weight excluding hydrogens is 286 g/mol. The van der Waals surface area contributed by atoms with E-state index in [2.05, 4.69) is 5.32 Å². The third kappa shape index (κ3) is 3.15. The normalized spacial score (nSPS) is 15.3. The fraction of sp³-hybridized carbons (Fsp3) is 0.312. The van der Waals surface area contributed by atoms with E-state index in [9.17, 15) is 9.90 Å². The minimum Gasteiger partial charge on any atom is -0.394 e. The van der Waals surface area contributed by atoms with Crippen LogP contribution in [0.5, 0.6) is 0 Å². The molecule has 0 radical (unpaired) electrons. The summed E-state index contributed by atoms with van der Waals surface area (Å²) in [4.78, 5) is 14.3. The van der Waals surface area contributed by atoms with Gasteiger partial charge in [-0.05, 0) is 17.2 Å². The maximum absolute atomic E-state index is 12.4. The Bertz CT molecular complexity index is 600. The van der Waals surface area contributed by atoms with Crippen LogP contribution in [0.15, 0.2) is 36.4 Å². The molecule has 1 atom stereocenters. The average molecular weight is 303 g/mol. The molecule has 5 heteroatoms. The zero-order chi connectivity index (χ0) is 14.7. The van der Waals surface area contributed by atoms with Crippen molar-refractivity contribution in [3.05, 3.63) is 57.3 Å². The second kappa shape index (κ2) is 6.39. The molecule has 0 saturated carbocycles. The van der Waals surface area contributed by atoms with Crippen LogP contribution in [-0.2, 0) is 17.8 Å². The van der Waals surface area contributed by atoms with Gasteiger partial charge >= 0.3 is 0 Å². The molecule has 0 bridgehead atoms. The summed E-state index contributed by atoms with van der Waals surface area (Å²) in [5.74, 6) is -0.141. The zero-order valence-corrected chi connectivity index (χ0v) is 12.4. The number of hydrogen-bond acceptors (Lipinski definition) is 4. The number of hydrogen-bond donors (Lipinski definition) is 2. The lowest BCUT2D eigenvalue weighted by Gasteiger charge is -2.16. The van der Waals surface area contributed by atoms with E-state index in [1.165, 1.54) is 16.2 Å². The van der Waals surface area contributed by atoms with Gasteiger partial charge in [0.25, 0.3) is 5.91 Å². The summed E-state index contributed by atoms with van der Waals surface area (Å²) >= 11 is 1.52. The van der Waals surface area contributed by atoms with Crippen molar-refractivity contribution in [3.63, 3.8) is 0 Å². The van der Waals surface area contributed by atoms with E-state index < -0.39 is 0 Å². The first kappa shape index (κ1) is 14.3. The van der Waals surface area contributed by atoms with E-state index in [4.69, 9.17) is 4.74 Å². The van der Waals surface area contributed by atoms with Crippen LogP contribution < -0.4 is 5.32 Å². The van der Waals surface area contributed by atoms with Crippen LogP contribution in [0, 0.1) is 0 Å². The van der Waals surface area contributed by atoms with Crippen molar-refractivity contribution in [1.82, 2.24) is 5.32 Å². The minimum absolute atomic E-state index is 0.121. The molecule has 2 aromatic rings. The Labute approximate surface area is 127 Å². The first-order chi connectivity index (χ1) is 10.3. The topological polar surface area (TPSA) is 58.6 Å². The fourth-order valence-electron chi connectivity index (χ4n) is 2.41. The lowest BCUT2D eigenvalue weighted by atomic mass is 10.1. The highest BCUT2D eigenvalue weighted by Gasteiger charge is 2.20. The molecule has 1 aromatic heterocycles. The van der Waals surface area contributed by atoms with Crippen molar-refractivity contribution in [2.45, 2.75) is 19.1 Å². The second-order valence-corrected chi connectivity index (χ2v) is 6.12. The molecule has 1 aliphatic rings. The largest absolute Gasteiger partial charge is 0.394 e. The van der Waals surface area contributed by atoms with Gasteiger partial charge in [-0.2, -0.15) is 0 Å². The van der Waals surface area contributed by atoms with Gasteiger partial charge in [0.2, 0.25) is 0 Å². The monoisotopic (exact) mass is 303 g/mol. The second-order valence-electron chi connectivity index (χ2n) is 4.98. The molecule has 21 heavy (non-hydrogen) atoms. The Morgan fingerprint density at radius 2 is 2.19 bits per heavy atom. The summed E-state index contributed by atoms with van der Waals surface area (Å²) in [5.41, 5.74) is 2.01. The Kier molecular flexibility index (Phi) is 4.34. The Morgan fingerprint density at radius 1 is 1.38 bits per heavy atom. The fourth-order valence-corrected chi connectivity index (χ4v) is 3.46. The summed E-state index contributed by atoms with van der Waals surface area (Å²) in [5, 5.41) is 12.4. The molecule has 110 valence electrons. The molecule has 3 rings (SSSR count). The predicted octanol–water partition coefficient (Wildman–Crippen LogP) is 2.28. The van der Waals surface area contributed by atoms with Gasteiger partial charge in [0.15, 0.2) is 0 Å². The number of aliphatic hydroxyl groups excluding tert-OH is 1. The summed E-state index contributed by atoms with van der Waals surface area (Å²) in [6.45, 7) is 1.18. The van der Waals surface area contributed by atoms with Gasteiger partial charge in [0, 0.05) is 11.3 Å². The molecule has 0 saturated heterocycles. The average Bonchev–Trinajstić information content (AvgIpc) is 2.97. The third-order valence-corrected chi connectivity index (χ3v) is 4.78. The Morgan fingerprint density at radius 3 is 2.90 bits per heavy atom. The van der Waals surface area contributed by atoms with Gasteiger partial charge in [-0.15, -0.1) is 11.3 Å². The number of carbonyl (C=O) groups excluding carboxylic acids is 1. The minimum atomic E-state index is -0.380. The van der Waals surface area contributed by atoms with Gasteiger partial charge in [0.05, 0.1) is 30.7 Å². The van der Waals surface area contributed by atoms with Crippen LogP contribution in [0.3, 0.4) is 0 Å². The van der Waals surface area contributed by atoms with Crippen molar-refractivity contribution in [2.75, 3.05) is 13.2 Å². The van der Waals surface area contributed by atoms with Gasteiger partial charge in [-0.1, -0.05) is 30.3 Å². The standard InChI is InChI=1S/C16H17NO3S/c18-9-13(11-4-2-1-3-5-11)17-16(19)15-8-12-10-20-7-6-14(12)21-15/h1-5,8,13,18H,6-7,9-10H2,(H,17,19)/t13-/m1/s1. The predicted molar refractivity (Wildman–Crippen MR) is 81.4 cm³/mol. The maximum atomic E-state index is 12.4. The van der Waals surface area contributed by atoms with Crippen molar-refractivity contribution in [1.29, 1.82) is 0 Å². The van der Waals surface area contributed by atoms with Crippen LogP contribution in [0.4, 0.5) is 0 Å². The number of fused-ring (bicyclic) bond motifs is 1. The summed E-state index contributed by atoms with van der Waals surface area (Å²) in [6.07, 6.45) is 0.870. The molecule has 0 spiro atoms. The number of thiophene rings is 1. The highest BCUT2D eigenvalue weighted by atomic mass is 32.1. The van der Waals surface area contributed by atoms with Crippen molar-refractivity contribution >= 4 is 17.2 Å². The lowest BCUT2D eigenvalue weighted by molar-refractivity contribution is 0.0920. The van der Waals surface area contributed by atoms with E-state index >= 15 is 0 Å². The SMILES string of the molecule is O=C(N[C@H](CO)c1ccccc1)c1cc2c(s1)CCOC2. The number of amides is 1. The molecule has 1 aliphatic heterocycles. The van der Waals surface area contributed by atoms with E-state index in [-0.39, 0.29) is 18.6 Å². The summed E-state index contributed by atoms with van der Waals surface area (Å²) in [6, 6.07) is 11.0. The molecule has 2 N–H and O–H groups in total. The van der Waals surface area contributed by atoms with E-state index in [0.29, 0.717) is 11.5 Å². The quantitative estimate of drug-likeness (QED) is 0.911. The number of nitrogens with one attached hydrogen (secondary N) is 1.